The van der Waals surface area contributed by atoms with Crippen LogP contribution in [0.25, 0.3) is 0 Å². The van der Waals surface area contributed by atoms with Crippen LogP contribution in [0.4, 0.5) is 0 Å². The molecular formula is C13H18N2O. The third-order valence-corrected chi connectivity index (χ3v) is 3.18. The molecule has 0 atom stereocenters. The summed E-state index contributed by atoms with van der Waals surface area (Å²) in [6.07, 6.45) is 3.53. The molecule has 1 amide bonds. The van der Waals surface area contributed by atoms with Crippen molar-refractivity contribution in [1.29, 1.82) is 0 Å². The summed E-state index contributed by atoms with van der Waals surface area (Å²) in [5, 5.41) is 2.65. The molecule has 0 radical (unpaired) electrons. The van der Waals surface area contributed by atoms with Crippen LogP contribution < -0.4 is 11.1 Å². The van der Waals surface area contributed by atoms with Gasteiger partial charge >= 0.3 is 0 Å². The number of carbonyl (C=O) groups is 1. The summed E-state index contributed by atoms with van der Waals surface area (Å²) in [5.41, 5.74) is 8.42. The Labute approximate surface area is 96.0 Å². The van der Waals surface area contributed by atoms with Gasteiger partial charge in [0.15, 0.2) is 0 Å². The van der Waals surface area contributed by atoms with E-state index in [1.54, 1.807) is 7.05 Å². The summed E-state index contributed by atoms with van der Waals surface area (Å²) in [6, 6.07) is 8.06. The highest BCUT2D eigenvalue weighted by Gasteiger charge is 2.38. The molecule has 1 aromatic rings. The third-order valence-electron chi connectivity index (χ3n) is 3.18. The van der Waals surface area contributed by atoms with E-state index in [1.165, 1.54) is 5.56 Å². The Kier molecular flexibility index (Phi) is 2.97. The van der Waals surface area contributed by atoms with E-state index in [1.807, 2.05) is 18.2 Å². The molecule has 1 fully saturated rings. The molecule has 3 nitrogen and oxygen atoms in total. The summed E-state index contributed by atoms with van der Waals surface area (Å²) in [7, 11) is 1.66. The monoisotopic (exact) mass is 218 g/mol. The molecule has 0 saturated heterocycles. The first-order chi connectivity index (χ1) is 7.63. The molecular weight excluding hydrogens is 200 g/mol. The normalized spacial score (nSPS) is 16.9. The van der Waals surface area contributed by atoms with Crippen LogP contribution in [0, 0.1) is 0 Å². The molecule has 0 aromatic heterocycles. The Morgan fingerprint density at radius 2 is 2.00 bits per heavy atom. The van der Waals surface area contributed by atoms with Gasteiger partial charge in [-0.25, -0.2) is 0 Å². The highest BCUT2D eigenvalue weighted by molar-refractivity contribution is 5.78. The lowest BCUT2D eigenvalue weighted by Gasteiger charge is -2.12. The number of benzene rings is 1. The van der Waals surface area contributed by atoms with Crippen LogP contribution in [-0.2, 0) is 17.6 Å². The average molecular weight is 218 g/mol. The lowest BCUT2D eigenvalue weighted by Crippen LogP contribution is -2.26. The Bertz CT molecular complexity index is 397. The number of likely N-dealkylation sites (N-methyl/N-ethyl adjacent to an activating group) is 1. The smallest absolute Gasteiger partial charge is 0.224 e. The van der Waals surface area contributed by atoms with Crippen molar-refractivity contribution in [2.75, 3.05) is 7.05 Å². The maximum absolute atomic E-state index is 11.4. The van der Waals surface area contributed by atoms with Crippen LogP contribution in [0.1, 0.15) is 24.0 Å². The van der Waals surface area contributed by atoms with E-state index in [9.17, 15) is 4.79 Å². The number of hydrogen-bond donors (Lipinski definition) is 2. The number of hydrogen-bond acceptors (Lipinski definition) is 2. The first kappa shape index (κ1) is 11.1. The predicted octanol–water partition coefficient (Wildman–Crippen LogP) is 1.01. The van der Waals surface area contributed by atoms with Crippen LogP contribution in [-0.4, -0.2) is 18.5 Å². The number of carbonyl (C=O) groups excluding carboxylic acids is 1. The van der Waals surface area contributed by atoms with E-state index in [4.69, 9.17) is 5.73 Å². The van der Waals surface area contributed by atoms with Gasteiger partial charge in [0.05, 0.1) is 6.42 Å². The first-order valence-corrected chi connectivity index (χ1v) is 5.69. The molecule has 3 heteroatoms. The zero-order valence-electron chi connectivity index (χ0n) is 9.62. The van der Waals surface area contributed by atoms with E-state index >= 15 is 0 Å². The number of nitrogens with two attached hydrogens (primary N) is 1. The fourth-order valence-electron chi connectivity index (χ4n) is 1.88. The van der Waals surface area contributed by atoms with Gasteiger partial charge in [0.25, 0.3) is 0 Å². The van der Waals surface area contributed by atoms with Gasteiger partial charge in [0, 0.05) is 12.6 Å². The van der Waals surface area contributed by atoms with E-state index in [0.29, 0.717) is 6.42 Å². The van der Waals surface area contributed by atoms with Crippen LogP contribution in [0.3, 0.4) is 0 Å². The molecule has 0 bridgehead atoms. The maximum Gasteiger partial charge on any atom is 0.224 e. The molecule has 3 N–H and O–H groups in total. The van der Waals surface area contributed by atoms with Crippen molar-refractivity contribution in [2.24, 2.45) is 5.73 Å². The molecule has 16 heavy (non-hydrogen) atoms. The van der Waals surface area contributed by atoms with Crippen molar-refractivity contribution in [1.82, 2.24) is 5.32 Å². The molecule has 1 aromatic carbocycles. The highest BCUT2D eigenvalue weighted by Crippen LogP contribution is 2.36. The zero-order valence-corrected chi connectivity index (χ0v) is 9.62. The molecule has 0 unspecified atom stereocenters. The van der Waals surface area contributed by atoms with Crippen molar-refractivity contribution in [3.63, 3.8) is 0 Å². The Hall–Kier alpha value is -1.35. The minimum Gasteiger partial charge on any atom is -0.359 e. The van der Waals surface area contributed by atoms with E-state index < -0.39 is 0 Å². The van der Waals surface area contributed by atoms with E-state index in [0.717, 1.165) is 24.8 Å². The minimum atomic E-state index is -0.00120. The summed E-state index contributed by atoms with van der Waals surface area (Å²) >= 11 is 0. The van der Waals surface area contributed by atoms with Gasteiger partial charge in [-0.05, 0) is 30.4 Å². The topological polar surface area (TPSA) is 55.1 Å². The molecule has 0 heterocycles. The number of amides is 1. The van der Waals surface area contributed by atoms with Crippen molar-refractivity contribution in [3.8, 4) is 0 Å². The van der Waals surface area contributed by atoms with Crippen LogP contribution in [0.2, 0.25) is 0 Å². The second-order valence-corrected chi connectivity index (χ2v) is 4.66. The fraction of sp³-hybridized carbons (Fsp3) is 0.462. The third kappa shape index (κ3) is 2.61. The minimum absolute atomic E-state index is 0.00120. The first-order valence-electron chi connectivity index (χ1n) is 5.69. The average Bonchev–Trinajstić information content (AvgIpc) is 2.99. The van der Waals surface area contributed by atoms with Crippen molar-refractivity contribution in [3.05, 3.63) is 35.4 Å². The fourth-order valence-corrected chi connectivity index (χ4v) is 1.88. The van der Waals surface area contributed by atoms with Crippen molar-refractivity contribution >= 4 is 5.91 Å². The van der Waals surface area contributed by atoms with Gasteiger partial charge in [-0.2, -0.15) is 0 Å². The van der Waals surface area contributed by atoms with Gasteiger partial charge in [-0.3, -0.25) is 4.79 Å². The number of rotatable bonds is 4. The van der Waals surface area contributed by atoms with Gasteiger partial charge in [-0.1, -0.05) is 24.3 Å². The zero-order chi connectivity index (χ0) is 11.6. The molecule has 0 spiro atoms. The van der Waals surface area contributed by atoms with Crippen LogP contribution in [0.15, 0.2) is 24.3 Å². The molecule has 86 valence electrons. The summed E-state index contributed by atoms with van der Waals surface area (Å²) in [6.45, 7) is 0. The van der Waals surface area contributed by atoms with Crippen molar-refractivity contribution in [2.45, 2.75) is 31.2 Å². The SMILES string of the molecule is CNC(=O)Cc1ccccc1CC1(N)CC1. The van der Waals surface area contributed by atoms with Gasteiger partial charge in [0.1, 0.15) is 0 Å². The summed E-state index contributed by atoms with van der Waals surface area (Å²) < 4.78 is 0. The Morgan fingerprint density at radius 3 is 2.56 bits per heavy atom. The molecule has 2 rings (SSSR count). The van der Waals surface area contributed by atoms with E-state index in [-0.39, 0.29) is 11.4 Å². The standard InChI is InChI=1S/C13H18N2O/c1-15-12(16)8-10-4-2-3-5-11(10)9-13(14)6-7-13/h2-5H,6-9,14H2,1H3,(H,15,16). The summed E-state index contributed by atoms with van der Waals surface area (Å²) in [5.74, 6) is 0.0503. The lowest BCUT2D eigenvalue weighted by atomic mass is 9.97. The van der Waals surface area contributed by atoms with Crippen LogP contribution >= 0.6 is 0 Å². The molecule has 1 aliphatic carbocycles. The largest absolute Gasteiger partial charge is 0.359 e. The van der Waals surface area contributed by atoms with Crippen molar-refractivity contribution < 1.29 is 4.79 Å². The lowest BCUT2D eigenvalue weighted by molar-refractivity contribution is -0.119. The molecule has 1 saturated carbocycles. The molecule has 0 aliphatic heterocycles. The van der Waals surface area contributed by atoms with Gasteiger partial charge < -0.3 is 11.1 Å². The predicted molar refractivity (Wildman–Crippen MR) is 64.1 cm³/mol. The van der Waals surface area contributed by atoms with Gasteiger partial charge in [0.2, 0.25) is 5.91 Å². The molecule has 1 aliphatic rings. The van der Waals surface area contributed by atoms with Gasteiger partial charge in [-0.15, -0.1) is 0 Å². The number of nitrogens with one attached hydrogen (secondary N) is 1. The van der Waals surface area contributed by atoms with Crippen LogP contribution in [0.5, 0.6) is 0 Å². The van der Waals surface area contributed by atoms with E-state index in [2.05, 4.69) is 11.4 Å². The Balaban J connectivity index is 2.13. The maximum atomic E-state index is 11.4. The Morgan fingerprint density at radius 1 is 1.38 bits per heavy atom. The highest BCUT2D eigenvalue weighted by atomic mass is 16.1. The summed E-state index contributed by atoms with van der Waals surface area (Å²) in [4.78, 5) is 11.4. The second-order valence-electron chi connectivity index (χ2n) is 4.66. The quantitative estimate of drug-likeness (QED) is 0.792. The second kappa shape index (κ2) is 4.26.